The van der Waals surface area contributed by atoms with E-state index >= 15 is 0 Å². The lowest BCUT2D eigenvalue weighted by atomic mass is 10.1. The van der Waals surface area contributed by atoms with Crippen molar-refractivity contribution in [2.45, 2.75) is 37.8 Å². The van der Waals surface area contributed by atoms with Gasteiger partial charge < -0.3 is 9.32 Å². The molecular weight excluding hydrogens is 400 g/mol. The quantitative estimate of drug-likeness (QED) is 0.658. The standard InChI is InChI=1S/C20H19ClN2O4S/c1-11-5-19-16(9-17(11)21)14(8-20(24)27-19)10-23-12(2)6-13-7-15(28(22,25)26)3-4-18(13)23/h3-5,7-9,12H,6,10H2,1-2H3,(H2,22,25,26)/t12-/m0/s1. The molecule has 3 aromatic rings. The van der Waals surface area contributed by atoms with Gasteiger partial charge in [-0.15, -0.1) is 0 Å². The minimum Gasteiger partial charge on any atom is -0.423 e. The second-order valence-electron chi connectivity index (χ2n) is 7.20. The first kappa shape index (κ1) is 19.0. The van der Waals surface area contributed by atoms with E-state index in [1.54, 1.807) is 18.2 Å². The Morgan fingerprint density at radius 2 is 2.00 bits per heavy atom. The lowest BCUT2D eigenvalue weighted by Gasteiger charge is -2.25. The van der Waals surface area contributed by atoms with E-state index in [-0.39, 0.29) is 10.9 Å². The Hall–Kier alpha value is -2.35. The number of sulfonamides is 1. The van der Waals surface area contributed by atoms with E-state index < -0.39 is 15.6 Å². The lowest BCUT2D eigenvalue weighted by Crippen LogP contribution is -2.29. The predicted molar refractivity (Wildman–Crippen MR) is 109 cm³/mol. The Morgan fingerprint density at radius 3 is 2.71 bits per heavy atom. The first-order chi connectivity index (χ1) is 13.1. The van der Waals surface area contributed by atoms with Crippen molar-refractivity contribution in [2.24, 2.45) is 5.14 Å². The van der Waals surface area contributed by atoms with Crippen LogP contribution in [0, 0.1) is 6.92 Å². The largest absolute Gasteiger partial charge is 0.423 e. The maximum absolute atomic E-state index is 12.1. The topological polar surface area (TPSA) is 93.6 Å². The van der Waals surface area contributed by atoms with Crippen LogP contribution in [-0.4, -0.2) is 14.5 Å². The highest BCUT2D eigenvalue weighted by Gasteiger charge is 2.28. The molecule has 146 valence electrons. The van der Waals surface area contributed by atoms with Gasteiger partial charge in [0.05, 0.1) is 4.90 Å². The number of halogens is 1. The van der Waals surface area contributed by atoms with Gasteiger partial charge in [0.25, 0.3) is 0 Å². The summed E-state index contributed by atoms with van der Waals surface area (Å²) in [7, 11) is -3.75. The molecule has 0 aliphatic carbocycles. The summed E-state index contributed by atoms with van der Waals surface area (Å²) < 4.78 is 28.6. The molecule has 1 aliphatic rings. The zero-order valence-electron chi connectivity index (χ0n) is 15.4. The van der Waals surface area contributed by atoms with Crippen molar-refractivity contribution in [3.8, 4) is 0 Å². The van der Waals surface area contributed by atoms with Crippen LogP contribution in [0.4, 0.5) is 5.69 Å². The molecule has 2 aromatic carbocycles. The van der Waals surface area contributed by atoms with Crippen LogP contribution in [0.5, 0.6) is 0 Å². The van der Waals surface area contributed by atoms with Crippen LogP contribution in [0.25, 0.3) is 11.0 Å². The molecule has 1 atom stereocenters. The molecule has 0 spiro atoms. The predicted octanol–water partition coefficient (Wildman–Crippen LogP) is 3.35. The molecule has 2 N–H and O–H groups in total. The SMILES string of the molecule is Cc1cc2oc(=O)cc(CN3c4ccc(S(N)(=O)=O)cc4C[C@@H]3C)c2cc1Cl. The monoisotopic (exact) mass is 418 g/mol. The number of primary sulfonamides is 1. The molecular formula is C20H19ClN2O4S. The van der Waals surface area contributed by atoms with Gasteiger partial charge in [-0.3, -0.25) is 0 Å². The van der Waals surface area contributed by atoms with E-state index in [1.807, 2.05) is 13.0 Å². The number of nitrogens with two attached hydrogens (primary N) is 1. The highest BCUT2D eigenvalue weighted by atomic mass is 35.5. The third-order valence-electron chi connectivity index (χ3n) is 5.19. The third-order valence-corrected chi connectivity index (χ3v) is 6.50. The Balaban J connectivity index is 1.79. The summed E-state index contributed by atoms with van der Waals surface area (Å²) in [5.74, 6) is 0. The van der Waals surface area contributed by atoms with Gasteiger partial charge in [-0.1, -0.05) is 11.6 Å². The van der Waals surface area contributed by atoms with E-state index in [1.165, 1.54) is 12.1 Å². The summed E-state index contributed by atoms with van der Waals surface area (Å²) >= 11 is 6.28. The van der Waals surface area contributed by atoms with Crippen molar-refractivity contribution in [2.75, 3.05) is 4.90 Å². The van der Waals surface area contributed by atoms with E-state index in [9.17, 15) is 13.2 Å². The molecule has 0 bridgehead atoms. The second-order valence-corrected chi connectivity index (χ2v) is 9.17. The molecule has 0 saturated heterocycles. The zero-order valence-corrected chi connectivity index (χ0v) is 17.0. The Morgan fingerprint density at radius 1 is 1.25 bits per heavy atom. The van der Waals surface area contributed by atoms with Crippen molar-refractivity contribution in [3.63, 3.8) is 0 Å². The van der Waals surface area contributed by atoms with Crippen LogP contribution in [0.3, 0.4) is 0 Å². The van der Waals surface area contributed by atoms with E-state index in [0.717, 1.165) is 27.8 Å². The van der Waals surface area contributed by atoms with Crippen LogP contribution in [-0.2, 0) is 23.0 Å². The highest BCUT2D eigenvalue weighted by Crippen LogP contribution is 2.36. The fraction of sp³-hybridized carbons (Fsp3) is 0.250. The summed E-state index contributed by atoms with van der Waals surface area (Å²) in [6.07, 6.45) is 0.692. The molecule has 0 saturated carbocycles. The van der Waals surface area contributed by atoms with Gasteiger partial charge in [0.2, 0.25) is 10.0 Å². The van der Waals surface area contributed by atoms with Crippen molar-refractivity contribution >= 4 is 38.3 Å². The summed E-state index contributed by atoms with van der Waals surface area (Å²) in [5, 5.41) is 6.65. The van der Waals surface area contributed by atoms with Gasteiger partial charge >= 0.3 is 5.63 Å². The minimum atomic E-state index is -3.75. The van der Waals surface area contributed by atoms with Crippen molar-refractivity contribution < 1.29 is 12.8 Å². The fourth-order valence-electron chi connectivity index (χ4n) is 3.75. The van der Waals surface area contributed by atoms with Gasteiger partial charge in [0.1, 0.15) is 5.58 Å². The number of fused-ring (bicyclic) bond motifs is 2. The minimum absolute atomic E-state index is 0.105. The zero-order chi connectivity index (χ0) is 20.2. The van der Waals surface area contributed by atoms with Crippen molar-refractivity contribution in [1.82, 2.24) is 0 Å². The van der Waals surface area contributed by atoms with E-state index in [2.05, 4.69) is 11.8 Å². The first-order valence-electron chi connectivity index (χ1n) is 8.79. The molecule has 8 heteroatoms. The van der Waals surface area contributed by atoms with Gasteiger partial charge in [-0.25, -0.2) is 18.4 Å². The number of anilines is 1. The average Bonchev–Trinajstić information content (AvgIpc) is 2.90. The Bertz CT molecular complexity index is 1270. The Labute approximate surface area is 167 Å². The molecule has 0 radical (unpaired) electrons. The number of aryl methyl sites for hydroxylation is 1. The summed E-state index contributed by atoms with van der Waals surface area (Å²) in [6.45, 7) is 4.39. The molecule has 0 unspecified atom stereocenters. The number of hydrogen-bond acceptors (Lipinski definition) is 5. The average molecular weight is 419 g/mol. The molecule has 1 aliphatic heterocycles. The normalized spacial score (nSPS) is 16.6. The maximum Gasteiger partial charge on any atom is 0.336 e. The molecule has 0 amide bonds. The smallest absolute Gasteiger partial charge is 0.336 e. The summed E-state index contributed by atoms with van der Waals surface area (Å²) in [6, 6.07) is 10.1. The second kappa shape index (κ2) is 6.62. The summed E-state index contributed by atoms with van der Waals surface area (Å²) in [5.41, 5.74) is 3.58. The molecule has 2 heterocycles. The summed E-state index contributed by atoms with van der Waals surface area (Å²) in [4.78, 5) is 14.3. The van der Waals surface area contributed by atoms with Gasteiger partial charge in [-0.2, -0.15) is 0 Å². The first-order valence-corrected chi connectivity index (χ1v) is 10.7. The van der Waals surface area contributed by atoms with Crippen LogP contribution in [0.2, 0.25) is 5.02 Å². The van der Waals surface area contributed by atoms with Crippen molar-refractivity contribution in [1.29, 1.82) is 0 Å². The number of rotatable bonds is 3. The molecule has 4 rings (SSSR count). The fourth-order valence-corrected chi connectivity index (χ4v) is 4.48. The van der Waals surface area contributed by atoms with Gasteiger partial charge in [0, 0.05) is 34.7 Å². The van der Waals surface area contributed by atoms with Gasteiger partial charge in [-0.05, 0) is 67.3 Å². The highest BCUT2D eigenvalue weighted by molar-refractivity contribution is 7.89. The van der Waals surface area contributed by atoms with Crippen LogP contribution >= 0.6 is 11.6 Å². The van der Waals surface area contributed by atoms with E-state index in [0.29, 0.717) is 23.6 Å². The molecule has 0 fully saturated rings. The Kier molecular flexibility index (Phi) is 4.49. The van der Waals surface area contributed by atoms with Crippen LogP contribution in [0.1, 0.15) is 23.6 Å². The molecule has 1 aromatic heterocycles. The number of benzene rings is 2. The molecule has 6 nitrogen and oxygen atoms in total. The van der Waals surface area contributed by atoms with Crippen LogP contribution < -0.4 is 15.7 Å². The van der Waals surface area contributed by atoms with Crippen molar-refractivity contribution in [3.05, 3.63) is 68.5 Å². The van der Waals surface area contributed by atoms with Gasteiger partial charge in [0.15, 0.2) is 0 Å². The number of nitrogens with zero attached hydrogens (tertiary/aromatic N) is 1. The van der Waals surface area contributed by atoms with E-state index in [4.69, 9.17) is 21.2 Å². The number of hydrogen-bond donors (Lipinski definition) is 1. The maximum atomic E-state index is 12.1. The molecule has 28 heavy (non-hydrogen) atoms. The third kappa shape index (κ3) is 3.30. The van der Waals surface area contributed by atoms with Crippen LogP contribution in [0.15, 0.2) is 50.5 Å². The lowest BCUT2D eigenvalue weighted by molar-refractivity contribution is 0.557.